The van der Waals surface area contributed by atoms with Crippen LogP contribution in [0, 0.1) is 0 Å². The number of rotatable bonds is 4. The van der Waals surface area contributed by atoms with E-state index in [1.165, 1.54) is 74.0 Å². The van der Waals surface area contributed by atoms with E-state index < -0.39 is 0 Å². The van der Waals surface area contributed by atoms with Crippen LogP contribution in [0.25, 0.3) is 107 Å². The topological polar surface area (TPSA) is 16.4 Å². The van der Waals surface area contributed by atoms with Gasteiger partial charge in [-0.3, -0.25) is 0 Å². The molecule has 0 amide bonds. The van der Waals surface area contributed by atoms with Crippen LogP contribution in [0.15, 0.2) is 229 Å². The van der Waals surface area contributed by atoms with Crippen molar-refractivity contribution < 1.29 is 4.42 Å². The summed E-state index contributed by atoms with van der Waals surface area (Å²) < 4.78 is 9.43. The Morgan fingerprint density at radius 2 is 0.841 bits per heavy atom. The van der Waals surface area contributed by atoms with Crippen LogP contribution in [0.4, 0.5) is 17.1 Å². The van der Waals surface area contributed by atoms with Gasteiger partial charge in [0.2, 0.25) is 0 Å². The molecule has 0 atom stereocenters. The van der Waals surface area contributed by atoms with Crippen molar-refractivity contribution >= 4 is 124 Å². The van der Waals surface area contributed by atoms with Gasteiger partial charge in [-0.05, 0) is 90.4 Å². The fourth-order valence-electron chi connectivity index (χ4n) is 10.1. The minimum absolute atomic E-state index is 0.852. The molecule has 0 saturated heterocycles. The van der Waals surface area contributed by atoms with Gasteiger partial charge in [0.25, 0.3) is 0 Å². The van der Waals surface area contributed by atoms with Crippen LogP contribution in [0.5, 0.6) is 0 Å². The van der Waals surface area contributed by atoms with E-state index in [-0.39, 0.29) is 0 Å². The molecule has 0 radical (unpaired) electrons. The zero-order valence-corrected chi connectivity index (χ0v) is 34.9. The molecule has 294 valence electrons. The molecule has 11 aromatic carbocycles. The summed E-state index contributed by atoms with van der Waals surface area (Å²) in [4.78, 5) is 2.42. The normalized spacial score (nSPS) is 11.8. The highest BCUT2D eigenvalue weighted by Crippen LogP contribution is 2.48. The Morgan fingerprint density at radius 1 is 0.333 bits per heavy atom. The summed E-state index contributed by atoms with van der Waals surface area (Å²) in [5.41, 5.74) is 7.09. The first-order valence-corrected chi connectivity index (χ1v) is 22.3. The molecule has 0 N–H and O–H groups in total. The SMILES string of the molecule is c1ccc(-c2ccccc2N(c2ccc3c4ccccc4c4ccccc4c4ccccc4c4c(ccc5c6ccccc6sc54)c3c2)c2cccc3c2oc2ccccc23)cc1. The van der Waals surface area contributed by atoms with E-state index in [0.29, 0.717) is 0 Å². The summed E-state index contributed by atoms with van der Waals surface area (Å²) in [5.74, 6) is 0. The molecule has 0 aliphatic carbocycles. The van der Waals surface area contributed by atoms with Crippen LogP contribution in [0.3, 0.4) is 0 Å². The summed E-state index contributed by atoms with van der Waals surface area (Å²) in [6.45, 7) is 0. The van der Waals surface area contributed by atoms with Gasteiger partial charge >= 0.3 is 0 Å². The first-order chi connectivity index (χ1) is 31.3. The van der Waals surface area contributed by atoms with Crippen molar-refractivity contribution in [3.63, 3.8) is 0 Å². The van der Waals surface area contributed by atoms with E-state index in [1.807, 2.05) is 17.4 Å². The number of nitrogens with zero attached hydrogens (tertiary/aromatic N) is 1. The molecule has 2 nitrogen and oxygen atoms in total. The maximum atomic E-state index is 6.84. The molecule has 3 heteroatoms. The Bertz CT molecular complexity index is 4050. The molecule has 13 aromatic rings. The smallest absolute Gasteiger partial charge is 0.159 e. The van der Waals surface area contributed by atoms with Crippen LogP contribution in [-0.2, 0) is 0 Å². The number of fused-ring (bicyclic) bond motifs is 17. The standard InChI is InChI=1S/C60H37NOS/c1-2-17-38(18-3-1)40-19-10-13-29-54(40)61(55-30-16-28-51-47-25-11-14-31-56(47)62-59(51)55)39-33-34-46-44-23-7-5-21-42(44)41-20-4-6-22-43(41)45-24-8-9-27-49(45)58-50(53(46)37-39)35-36-52-48-26-12-15-32-57(48)63-60(52)58/h1-37H. The van der Waals surface area contributed by atoms with Crippen molar-refractivity contribution in [3.8, 4) is 11.1 Å². The molecule has 2 aromatic heterocycles. The summed E-state index contributed by atoms with van der Waals surface area (Å²) >= 11 is 1.89. The van der Waals surface area contributed by atoms with E-state index in [9.17, 15) is 0 Å². The van der Waals surface area contributed by atoms with Crippen LogP contribution in [-0.4, -0.2) is 0 Å². The second-order valence-electron chi connectivity index (χ2n) is 16.3. The second-order valence-corrected chi connectivity index (χ2v) is 17.4. The monoisotopic (exact) mass is 819 g/mol. The number of benzene rings is 10. The second kappa shape index (κ2) is 14.3. The lowest BCUT2D eigenvalue weighted by atomic mass is 9.93. The number of hydrogen-bond acceptors (Lipinski definition) is 3. The highest BCUT2D eigenvalue weighted by Gasteiger charge is 2.23. The Hall–Kier alpha value is -7.98. The lowest BCUT2D eigenvalue weighted by molar-refractivity contribution is 0.669. The summed E-state index contributed by atoms with van der Waals surface area (Å²) in [6, 6.07) is 82.0. The lowest BCUT2D eigenvalue weighted by Gasteiger charge is -2.28. The number of hydrogen-bond donors (Lipinski definition) is 0. The predicted molar refractivity (Wildman–Crippen MR) is 272 cm³/mol. The quantitative estimate of drug-likeness (QED) is 0.176. The van der Waals surface area contributed by atoms with Crippen LogP contribution in [0.2, 0.25) is 0 Å². The minimum Gasteiger partial charge on any atom is -0.454 e. The number of thiophene rings is 1. The maximum absolute atomic E-state index is 6.84. The molecule has 0 aliphatic heterocycles. The molecule has 13 rings (SSSR count). The highest BCUT2D eigenvalue weighted by molar-refractivity contribution is 7.26. The van der Waals surface area contributed by atoms with Gasteiger partial charge in [0.15, 0.2) is 5.58 Å². The summed E-state index contributed by atoms with van der Waals surface area (Å²) in [6.07, 6.45) is 0. The molecular formula is C60H37NOS. The molecule has 0 spiro atoms. The van der Waals surface area contributed by atoms with Crippen molar-refractivity contribution in [1.82, 2.24) is 0 Å². The Labute approximate surface area is 367 Å². The van der Waals surface area contributed by atoms with E-state index in [0.717, 1.165) is 50.1 Å². The fourth-order valence-corrected chi connectivity index (χ4v) is 11.4. The largest absolute Gasteiger partial charge is 0.454 e. The van der Waals surface area contributed by atoms with Crippen LogP contribution >= 0.6 is 11.3 Å². The lowest BCUT2D eigenvalue weighted by Crippen LogP contribution is -2.11. The Balaban J connectivity index is 1.25. The van der Waals surface area contributed by atoms with E-state index in [4.69, 9.17) is 4.42 Å². The summed E-state index contributed by atoms with van der Waals surface area (Å²) in [5, 5.41) is 16.9. The Morgan fingerprint density at radius 3 is 1.59 bits per heavy atom. The van der Waals surface area contributed by atoms with Crippen molar-refractivity contribution in [2.45, 2.75) is 0 Å². The van der Waals surface area contributed by atoms with E-state index in [2.05, 4.69) is 223 Å². The van der Waals surface area contributed by atoms with Crippen molar-refractivity contribution in [3.05, 3.63) is 224 Å². The third-order valence-electron chi connectivity index (χ3n) is 12.9. The van der Waals surface area contributed by atoms with Gasteiger partial charge in [0.1, 0.15) is 5.58 Å². The molecule has 0 unspecified atom stereocenters. The molecule has 0 bridgehead atoms. The van der Waals surface area contributed by atoms with Gasteiger partial charge in [-0.25, -0.2) is 0 Å². The third-order valence-corrected chi connectivity index (χ3v) is 14.1. The highest BCUT2D eigenvalue weighted by atomic mass is 32.1. The van der Waals surface area contributed by atoms with E-state index >= 15 is 0 Å². The number of para-hydroxylation sites is 3. The van der Waals surface area contributed by atoms with Crippen LogP contribution < -0.4 is 4.90 Å². The maximum Gasteiger partial charge on any atom is 0.159 e. The zero-order chi connectivity index (χ0) is 41.4. The van der Waals surface area contributed by atoms with Gasteiger partial charge < -0.3 is 9.32 Å². The molecule has 2 heterocycles. The third kappa shape index (κ3) is 5.57. The summed E-state index contributed by atoms with van der Waals surface area (Å²) in [7, 11) is 0. The molecule has 0 fully saturated rings. The van der Waals surface area contributed by atoms with Gasteiger partial charge in [0, 0.05) is 47.6 Å². The Kier molecular flexibility index (Phi) is 8.12. The zero-order valence-electron chi connectivity index (χ0n) is 34.1. The van der Waals surface area contributed by atoms with Crippen molar-refractivity contribution in [2.24, 2.45) is 0 Å². The predicted octanol–water partition coefficient (Wildman–Crippen LogP) is 18.0. The number of anilines is 3. The van der Waals surface area contributed by atoms with Gasteiger partial charge in [-0.1, -0.05) is 188 Å². The minimum atomic E-state index is 0.852. The molecule has 0 saturated carbocycles. The van der Waals surface area contributed by atoms with Crippen molar-refractivity contribution in [2.75, 3.05) is 4.90 Å². The van der Waals surface area contributed by atoms with Crippen LogP contribution in [0.1, 0.15) is 0 Å². The van der Waals surface area contributed by atoms with Crippen molar-refractivity contribution in [1.29, 1.82) is 0 Å². The van der Waals surface area contributed by atoms with Gasteiger partial charge in [-0.15, -0.1) is 11.3 Å². The first-order valence-electron chi connectivity index (χ1n) is 21.5. The molecule has 0 aliphatic rings. The average molecular weight is 820 g/mol. The van der Waals surface area contributed by atoms with E-state index in [1.54, 1.807) is 0 Å². The molecule has 63 heavy (non-hydrogen) atoms. The fraction of sp³-hybridized carbons (Fsp3) is 0. The van der Waals surface area contributed by atoms with Gasteiger partial charge in [-0.2, -0.15) is 0 Å². The molecular weight excluding hydrogens is 783 g/mol. The average Bonchev–Trinajstić information content (AvgIpc) is 3.93. The first kappa shape index (κ1) is 35.7. The number of furan rings is 1. The van der Waals surface area contributed by atoms with Gasteiger partial charge in [0.05, 0.1) is 11.4 Å².